The third kappa shape index (κ3) is 13.9. The summed E-state index contributed by atoms with van der Waals surface area (Å²) in [5, 5.41) is 19.9. The van der Waals surface area contributed by atoms with Crippen LogP contribution in [-0.2, 0) is 30.5 Å². The Bertz CT molecular complexity index is 2430. The molecule has 5 aromatic rings. The highest BCUT2D eigenvalue weighted by Gasteiger charge is 2.44. The van der Waals surface area contributed by atoms with Crippen molar-refractivity contribution in [2.24, 2.45) is 5.41 Å². The summed E-state index contributed by atoms with van der Waals surface area (Å²) in [6, 6.07) is 35.6. The Labute approximate surface area is 399 Å². The fourth-order valence-corrected chi connectivity index (χ4v) is 9.14. The number of hydrogen-bond acceptors (Lipinski definition) is 9. The topological polar surface area (TPSA) is 153 Å². The van der Waals surface area contributed by atoms with Gasteiger partial charge in [0, 0.05) is 58.4 Å². The number of ether oxygens (including phenoxy) is 1. The second-order valence-corrected chi connectivity index (χ2v) is 19.0. The molecule has 3 atom stereocenters. The molecule has 67 heavy (non-hydrogen) atoms. The highest BCUT2D eigenvalue weighted by Crippen LogP contribution is 2.35. The van der Waals surface area contributed by atoms with Crippen molar-refractivity contribution in [3.63, 3.8) is 0 Å². The number of anilines is 1. The first kappa shape index (κ1) is 50.3. The molecule has 1 fully saturated rings. The molecule has 1 aliphatic heterocycles. The summed E-state index contributed by atoms with van der Waals surface area (Å²) in [4.78, 5) is 62.0. The van der Waals surface area contributed by atoms with E-state index in [9.17, 15) is 24.3 Å². The lowest BCUT2D eigenvalue weighted by Gasteiger charge is -2.35. The number of likely N-dealkylation sites (N-methyl/N-ethyl adjacent to an activating group) is 1. The van der Waals surface area contributed by atoms with Gasteiger partial charge in [-0.1, -0.05) is 125 Å². The van der Waals surface area contributed by atoms with Crippen LogP contribution >= 0.6 is 11.3 Å². The monoisotopic (exact) mass is 926 g/mol. The fourth-order valence-electron chi connectivity index (χ4n) is 8.33. The SMILES string of the molecule is CC/C(=C(\c1ccccc1)c1ccc(NCCN(C)C(=O)CCOCCCC(=O)N[C@H](C(=O)N2C[C@H](O)C[C@H]2C(=O)NCc2ccc(-c3scnc3C)cc2)C(C)(C)C)cc1)c1ccccc1. The lowest BCUT2D eigenvalue weighted by atomic mass is 9.85. The maximum Gasteiger partial charge on any atom is 0.246 e. The first-order chi connectivity index (χ1) is 32.2. The summed E-state index contributed by atoms with van der Waals surface area (Å²) < 4.78 is 5.73. The smallest absolute Gasteiger partial charge is 0.246 e. The summed E-state index contributed by atoms with van der Waals surface area (Å²) >= 11 is 1.58. The number of hydrogen-bond donors (Lipinski definition) is 4. The van der Waals surface area contributed by atoms with E-state index in [1.807, 2.05) is 69.6 Å². The first-order valence-electron chi connectivity index (χ1n) is 23.3. The van der Waals surface area contributed by atoms with Crippen LogP contribution in [0.4, 0.5) is 5.69 Å². The molecule has 0 unspecified atom stereocenters. The zero-order valence-electron chi connectivity index (χ0n) is 39.7. The van der Waals surface area contributed by atoms with E-state index in [1.165, 1.54) is 27.2 Å². The summed E-state index contributed by atoms with van der Waals surface area (Å²) in [6.07, 6.45) is 0.867. The van der Waals surface area contributed by atoms with Crippen LogP contribution in [0.15, 0.2) is 115 Å². The summed E-state index contributed by atoms with van der Waals surface area (Å²) in [5.41, 5.74) is 11.1. The van der Waals surface area contributed by atoms with Crippen molar-refractivity contribution < 1.29 is 29.0 Å². The van der Waals surface area contributed by atoms with Gasteiger partial charge in [-0.15, -0.1) is 11.3 Å². The van der Waals surface area contributed by atoms with Crippen LogP contribution in [0.25, 0.3) is 21.6 Å². The van der Waals surface area contributed by atoms with Crippen molar-refractivity contribution in [2.45, 2.75) is 91.5 Å². The van der Waals surface area contributed by atoms with E-state index in [1.54, 1.807) is 23.3 Å². The minimum Gasteiger partial charge on any atom is -0.391 e. The quantitative estimate of drug-likeness (QED) is 0.0424. The number of carbonyl (C=O) groups excluding carboxylic acids is 4. The van der Waals surface area contributed by atoms with Crippen LogP contribution in [0, 0.1) is 12.3 Å². The van der Waals surface area contributed by atoms with Gasteiger partial charge in [-0.05, 0) is 76.3 Å². The number of aromatic nitrogens is 1. The summed E-state index contributed by atoms with van der Waals surface area (Å²) in [7, 11) is 1.78. The van der Waals surface area contributed by atoms with Gasteiger partial charge >= 0.3 is 0 Å². The number of rotatable bonds is 21. The molecule has 4 aromatic carbocycles. The highest BCUT2D eigenvalue weighted by molar-refractivity contribution is 7.13. The minimum absolute atomic E-state index is 0.00165. The number of aryl methyl sites for hydroxylation is 1. The molecule has 0 radical (unpaired) electrons. The van der Waals surface area contributed by atoms with Crippen LogP contribution in [0.2, 0.25) is 0 Å². The number of likely N-dealkylation sites (tertiary alicyclic amines) is 1. The molecule has 0 spiro atoms. The van der Waals surface area contributed by atoms with Gasteiger partial charge in [-0.2, -0.15) is 0 Å². The van der Waals surface area contributed by atoms with Crippen LogP contribution < -0.4 is 16.0 Å². The van der Waals surface area contributed by atoms with Crippen molar-refractivity contribution in [3.05, 3.63) is 143 Å². The van der Waals surface area contributed by atoms with Gasteiger partial charge < -0.3 is 35.6 Å². The Kier molecular flexibility index (Phi) is 18.0. The predicted molar refractivity (Wildman–Crippen MR) is 268 cm³/mol. The number of thiazole rings is 1. The zero-order chi connectivity index (χ0) is 47.9. The van der Waals surface area contributed by atoms with E-state index in [0.717, 1.165) is 39.4 Å². The molecular weight excluding hydrogens is 861 g/mol. The molecule has 1 aromatic heterocycles. The number of allylic oxidation sites excluding steroid dienone is 1. The van der Waals surface area contributed by atoms with E-state index in [4.69, 9.17) is 4.74 Å². The van der Waals surface area contributed by atoms with Crippen molar-refractivity contribution in [1.29, 1.82) is 0 Å². The Morgan fingerprint density at radius 2 is 1.54 bits per heavy atom. The molecule has 4 amide bonds. The van der Waals surface area contributed by atoms with Gasteiger partial charge in [0.1, 0.15) is 12.1 Å². The van der Waals surface area contributed by atoms with Crippen LogP contribution in [0.3, 0.4) is 0 Å². The minimum atomic E-state index is -0.921. The van der Waals surface area contributed by atoms with E-state index >= 15 is 0 Å². The lowest BCUT2D eigenvalue weighted by molar-refractivity contribution is -0.144. The Morgan fingerprint density at radius 3 is 2.16 bits per heavy atom. The van der Waals surface area contributed by atoms with Crippen LogP contribution in [0.1, 0.15) is 87.7 Å². The van der Waals surface area contributed by atoms with Gasteiger partial charge in [-0.3, -0.25) is 19.2 Å². The Balaban J connectivity index is 0.900. The van der Waals surface area contributed by atoms with E-state index in [2.05, 4.69) is 101 Å². The normalized spacial score (nSPS) is 15.7. The maximum atomic E-state index is 14.0. The van der Waals surface area contributed by atoms with Crippen molar-refractivity contribution in [2.75, 3.05) is 45.2 Å². The zero-order valence-corrected chi connectivity index (χ0v) is 40.5. The van der Waals surface area contributed by atoms with Gasteiger partial charge in [0.15, 0.2) is 0 Å². The predicted octanol–water partition coefficient (Wildman–Crippen LogP) is 8.35. The first-order valence-corrected chi connectivity index (χ1v) is 24.2. The van der Waals surface area contributed by atoms with E-state index < -0.39 is 29.5 Å². The standard InChI is InChI=1S/C54H66N6O6S/c1-7-45(39-15-10-8-11-16-39)49(40-17-12-9-13-18-40)41-24-26-43(27-25-41)55-29-30-59(6)48(63)28-32-66-31-14-19-47(62)58-51(54(3,4)5)53(65)60-35-44(61)33-46(60)52(64)56-34-38-20-22-42(23-21-38)50-37(2)57-36-67-50/h8-13,15-18,20-27,36,44,46,51,55,61H,7,14,19,28-35H2,1-6H3,(H,56,64)(H,58,62)/b49-45-/t44-,46+,51-/m1/s1. The number of benzene rings is 4. The largest absolute Gasteiger partial charge is 0.391 e. The van der Waals surface area contributed by atoms with Crippen molar-refractivity contribution >= 4 is 51.8 Å². The summed E-state index contributed by atoms with van der Waals surface area (Å²) in [6.45, 7) is 11.6. The molecule has 1 aliphatic rings. The number of amides is 4. The van der Waals surface area contributed by atoms with Crippen molar-refractivity contribution in [1.82, 2.24) is 25.4 Å². The number of nitrogens with one attached hydrogen (secondary N) is 3. The molecule has 0 saturated carbocycles. The van der Waals surface area contributed by atoms with Gasteiger partial charge in [-0.25, -0.2) is 4.98 Å². The number of carbonyl (C=O) groups is 4. The van der Waals surface area contributed by atoms with Crippen LogP contribution in [0.5, 0.6) is 0 Å². The second-order valence-electron chi connectivity index (χ2n) is 18.2. The highest BCUT2D eigenvalue weighted by atomic mass is 32.1. The Hall–Kier alpha value is -6.15. The van der Waals surface area contributed by atoms with Gasteiger partial charge in [0.2, 0.25) is 23.6 Å². The molecule has 13 heteroatoms. The fraction of sp³-hybridized carbons (Fsp3) is 0.389. The maximum absolute atomic E-state index is 14.0. The molecule has 2 heterocycles. The number of β-amino-alcohol motifs (C(OH)–C–C–N with tert-alkyl or cyclic N) is 1. The molecule has 4 N–H and O–H groups in total. The Morgan fingerprint density at radius 1 is 0.881 bits per heavy atom. The van der Waals surface area contributed by atoms with Crippen LogP contribution in [-0.4, -0.2) is 102 Å². The van der Waals surface area contributed by atoms with Crippen molar-refractivity contribution in [3.8, 4) is 10.4 Å². The molecule has 0 aliphatic carbocycles. The van der Waals surface area contributed by atoms with E-state index in [0.29, 0.717) is 19.5 Å². The molecule has 1 saturated heterocycles. The van der Waals surface area contributed by atoms with Gasteiger partial charge in [0.25, 0.3) is 0 Å². The number of aliphatic hydroxyl groups excluding tert-OH is 1. The molecular formula is C54H66N6O6S. The average Bonchev–Trinajstić information content (AvgIpc) is 3.95. The third-order valence-corrected chi connectivity index (χ3v) is 13.1. The molecule has 0 bridgehead atoms. The lowest BCUT2D eigenvalue weighted by Crippen LogP contribution is -2.57. The molecule has 354 valence electrons. The van der Waals surface area contributed by atoms with E-state index in [-0.39, 0.29) is 63.3 Å². The third-order valence-electron chi connectivity index (χ3n) is 12.1. The average molecular weight is 927 g/mol. The molecule has 12 nitrogen and oxygen atoms in total. The number of nitrogens with zero attached hydrogens (tertiary/aromatic N) is 3. The number of aliphatic hydroxyl groups is 1. The second kappa shape index (κ2) is 24.0. The molecule has 6 rings (SSSR count). The van der Waals surface area contributed by atoms with Gasteiger partial charge in [0.05, 0.1) is 35.2 Å². The summed E-state index contributed by atoms with van der Waals surface area (Å²) in [5.74, 6) is -1.13.